The molecular weight excluding hydrogens is 248 g/mol. The number of aliphatic carboxylic acids is 1. The molecule has 1 unspecified atom stereocenters. The molecule has 2 rings (SSSR count). The summed E-state index contributed by atoms with van der Waals surface area (Å²) in [5.74, 6) is -1.27. The first kappa shape index (κ1) is 11.8. The van der Waals surface area contributed by atoms with Crippen LogP contribution in [-0.2, 0) is 4.79 Å². The van der Waals surface area contributed by atoms with Gasteiger partial charge in [-0.1, -0.05) is 17.7 Å². The molecule has 5 heteroatoms. The molecule has 0 heterocycles. The van der Waals surface area contributed by atoms with Gasteiger partial charge in [-0.3, -0.25) is 0 Å². The third-order valence-corrected chi connectivity index (χ3v) is 4.16. The van der Waals surface area contributed by atoms with Crippen LogP contribution in [0.3, 0.4) is 0 Å². The Balaban J connectivity index is 2.17. The summed E-state index contributed by atoms with van der Waals surface area (Å²) < 4.78 is 0. The van der Waals surface area contributed by atoms with Crippen molar-refractivity contribution in [2.45, 2.75) is 29.1 Å². The van der Waals surface area contributed by atoms with Gasteiger partial charge in [0.1, 0.15) is 0 Å². The first-order valence-electron chi connectivity index (χ1n) is 4.95. The first-order valence-corrected chi connectivity index (χ1v) is 6.20. The minimum absolute atomic E-state index is 0.317. The summed E-state index contributed by atoms with van der Waals surface area (Å²) in [7, 11) is 0. The van der Waals surface area contributed by atoms with E-state index in [1.165, 1.54) is 18.9 Å². The molecule has 86 valence electrons. The second-order valence-electron chi connectivity index (χ2n) is 3.75. The van der Waals surface area contributed by atoms with E-state index in [4.69, 9.17) is 16.7 Å². The van der Waals surface area contributed by atoms with Crippen LogP contribution in [0.1, 0.15) is 24.5 Å². The predicted octanol–water partition coefficient (Wildman–Crippen LogP) is 2.71. The Morgan fingerprint density at radius 1 is 1.50 bits per heavy atom. The lowest BCUT2D eigenvalue weighted by Crippen LogP contribution is -2.10. The van der Waals surface area contributed by atoms with E-state index < -0.39 is 12.1 Å². The van der Waals surface area contributed by atoms with Crippen molar-refractivity contribution in [1.29, 1.82) is 0 Å². The van der Waals surface area contributed by atoms with Gasteiger partial charge in [0.25, 0.3) is 0 Å². The normalized spacial score (nSPS) is 17.1. The predicted molar refractivity (Wildman–Crippen MR) is 62.9 cm³/mol. The van der Waals surface area contributed by atoms with Crippen molar-refractivity contribution in [2.24, 2.45) is 0 Å². The summed E-state index contributed by atoms with van der Waals surface area (Å²) in [4.78, 5) is 11.5. The minimum Gasteiger partial charge on any atom is -0.479 e. The van der Waals surface area contributed by atoms with Crippen LogP contribution in [0.2, 0.25) is 5.02 Å². The topological polar surface area (TPSA) is 57.5 Å². The van der Waals surface area contributed by atoms with E-state index >= 15 is 0 Å². The molecule has 0 radical (unpaired) electrons. The monoisotopic (exact) mass is 258 g/mol. The highest BCUT2D eigenvalue weighted by Crippen LogP contribution is 2.42. The Kier molecular flexibility index (Phi) is 3.42. The largest absolute Gasteiger partial charge is 0.479 e. The number of halogens is 1. The highest BCUT2D eigenvalue weighted by Gasteiger charge is 2.24. The van der Waals surface area contributed by atoms with Gasteiger partial charge >= 0.3 is 5.97 Å². The van der Waals surface area contributed by atoms with Crippen LogP contribution in [0, 0.1) is 0 Å². The summed E-state index contributed by atoms with van der Waals surface area (Å²) in [6.07, 6.45) is 0.915. The van der Waals surface area contributed by atoms with Gasteiger partial charge in [0, 0.05) is 10.1 Å². The van der Waals surface area contributed by atoms with Crippen molar-refractivity contribution in [1.82, 2.24) is 0 Å². The number of aliphatic hydroxyl groups is 1. The molecule has 0 aliphatic heterocycles. The molecule has 1 aliphatic rings. The summed E-state index contributed by atoms with van der Waals surface area (Å²) in [6.45, 7) is 0. The Morgan fingerprint density at radius 3 is 2.69 bits per heavy atom. The maximum absolute atomic E-state index is 10.6. The molecule has 0 spiro atoms. The Bertz CT molecular complexity index is 418. The second kappa shape index (κ2) is 4.65. The Morgan fingerprint density at radius 2 is 2.19 bits per heavy atom. The molecule has 1 aliphatic carbocycles. The van der Waals surface area contributed by atoms with E-state index in [2.05, 4.69) is 0 Å². The van der Waals surface area contributed by atoms with Crippen LogP contribution in [-0.4, -0.2) is 21.4 Å². The highest BCUT2D eigenvalue weighted by molar-refractivity contribution is 8.00. The number of carboxylic acid groups (broad SMARTS) is 1. The lowest BCUT2D eigenvalue weighted by Gasteiger charge is -2.08. The van der Waals surface area contributed by atoms with Gasteiger partial charge in [-0.25, -0.2) is 4.79 Å². The number of thioether (sulfide) groups is 1. The molecule has 16 heavy (non-hydrogen) atoms. The lowest BCUT2D eigenvalue weighted by atomic mass is 10.1. The van der Waals surface area contributed by atoms with E-state index in [1.54, 1.807) is 23.9 Å². The van der Waals surface area contributed by atoms with E-state index in [0.717, 1.165) is 4.90 Å². The third-order valence-electron chi connectivity index (χ3n) is 2.32. The van der Waals surface area contributed by atoms with Crippen LogP contribution in [0.4, 0.5) is 0 Å². The summed E-state index contributed by atoms with van der Waals surface area (Å²) in [6, 6.07) is 4.90. The first-order chi connectivity index (χ1) is 7.58. The average Bonchev–Trinajstić information content (AvgIpc) is 3.03. The standard InChI is InChI=1S/C11H11ClO3S/c12-8-5-6(10(13)11(14)15)1-4-9(8)16-7-2-3-7/h1,4-5,7,10,13H,2-3H2,(H,14,15). The molecule has 1 aromatic rings. The van der Waals surface area contributed by atoms with Crippen molar-refractivity contribution in [2.75, 3.05) is 0 Å². The van der Waals surface area contributed by atoms with Crippen LogP contribution in [0.15, 0.2) is 23.1 Å². The molecule has 1 fully saturated rings. The van der Waals surface area contributed by atoms with Crippen molar-refractivity contribution >= 4 is 29.3 Å². The van der Waals surface area contributed by atoms with E-state index in [9.17, 15) is 9.90 Å². The quantitative estimate of drug-likeness (QED) is 0.872. The zero-order valence-corrected chi connectivity index (χ0v) is 9.96. The van der Waals surface area contributed by atoms with Gasteiger partial charge in [-0.05, 0) is 30.5 Å². The second-order valence-corrected chi connectivity index (χ2v) is 5.50. The Hall–Kier alpha value is -0.710. The van der Waals surface area contributed by atoms with Gasteiger partial charge in [0.05, 0.1) is 5.02 Å². The third kappa shape index (κ3) is 2.70. The maximum Gasteiger partial charge on any atom is 0.337 e. The van der Waals surface area contributed by atoms with Gasteiger partial charge in [-0.2, -0.15) is 0 Å². The number of carbonyl (C=O) groups is 1. The van der Waals surface area contributed by atoms with E-state index in [1.807, 2.05) is 0 Å². The van der Waals surface area contributed by atoms with E-state index in [0.29, 0.717) is 15.8 Å². The molecule has 1 saturated carbocycles. The number of rotatable bonds is 4. The summed E-state index contributed by atoms with van der Waals surface area (Å²) >= 11 is 7.73. The molecule has 0 amide bonds. The smallest absolute Gasteiger partial charge is 0.337 e. The fraction of sp³-hybridized carbons (Fsp3) is 0.364. The molecule has 2 N–H and O–H groups in total. The molecule has 1 aromatic carbocycles. The summed E-state index contributed by atoms with van der Waals surface area (Å²) in [5.41, 5.74) is 0.317. The minimum atomic E-state index is -1.50. The van der Waals surface area contributed by atoms with E-state index in [-0.39, 0.29) is 0 Å². The highest BCUT2D eigenvalue weighted by atomic mass is 35.5. The van der Waals surface area contributed by atoms with Crippen molar-refractivity contribution in [3.63, 3.8) is 0 Å². The van der Waals surface area contributed by atoms with Gasteiger partial charge < -0.3 is 10.2 Å². The number of aliphatic hydroxyl groups excluding tert-OH is 1. The maximum atomic E-state index is 10.6. The molecule has 3 nitrogen and oxygen atoms in total. The molecule has 0 bridgehead atoms. The summed E-state index contributed by atoms with van der Waals surface area (Å²) in [5, 5.41) is 19.2. The van der Waals surface area contributed by atoms with Gasteiger partial charge in [-0.15, -0.1) is 11.8 Å². The van der Waals surface area contributed by atoms with Crippen molar-refractivity contribution < 1.29 is 15.0 Å². The Labute approximate surface area is 102 Å². The molecule has 0 saturated heterocycles. The van der Waals surface area contributed by atoms with Crippen LogP contribution in [0.5, 0.6) is 0 Å². The number of hydrogen-bond donors (Lipinski definition) is 2. The van der Waals surface area contributed by atoms with Crippen LogP contribution < -0.4 is 0 Å². The zero-order chi connectivity index (χ0) is 11.7. The number of carboxylic acids is 1. The average molecular weight is 259 g/mol. The van der Waals surface area contributed by atoms with Crippen LogP contribution in [0.25, 0.3) is 0 Å². The zero-order valence-electron chi connectivity index (χ0n) is 8.39. The molecular formula is C11H11ClO3S. The SMILES string of the molecule is O=C(O)C(O)c1ccc(SC2CC2)c(Cl)c1. The van der Waals surface area contributed by atoms with Crippen molar-refractivity contribution in [3.05, 3.63) is 28.8 Å². The fourth-order valence-electron chi connectivity index (χ4n) is 1.29. The van der Waals surface area contributed by atoms with Crippen molar-refractivity contribution in [3.8, 4) is 0 Å². The van der Waals surface area contributed by atoms with Gasteiger partial charge in [0.15, 0.2) is 6.10 Å². The molecule has 0 aromatic heterocycles. The number of benzene rings is 1. The fourth-order valence-corrected chi connectivity index (χ4v) is 2.66. The lowest BCUT2D eigenvalue weighted by molar-refractivity contribution is -0.146. The number of hydrogen-bond acceptors (Lipinski definition) is 3. The van der Waals surface area contributed by atoms with Gasteiger partial charge in [0.2, 0.25) is 0 Å². The molecule has 1 atom stereocenters. The van der Waals surface area contributed by atoms with Crippen LogP contribution >= 0.6 is 23.4 Å².